The van der Waals surface area contributed by atoms with E-state index in [2.05, 4.69) is 51.7 Å². The number of carbonyl (C=O) groups excluding carboxylic acids is 2. The number of rotatable bonds is 33. The van der Waals surface area contributed by atoms with Gasteiger partial charge in [-0.3, -0.25) is 28.1 Å². The Kier molecular flexibility index (Phi) is 35.1. The van der Waals surface area contributed by atoms with Crippen molar-refractivity contribution in [3.05, 3.63) is 226 Å². The van der Waals surface area contributed by atoms with E-state index in [0.29, 0.717) is 36.2 Å². The summed E-state index contributed by atoms with van der Waals surface area (Å²) in [6, 6.07) is 28.9. The number of carboxylic acids is 1. The van der Waals surface area contributed by atoms with Crippen LogP contribution in [0, 0.1) is 20.8 Å². The molecule has 9 heterocycles. The van der Waals surface area contributed by atoms with Crippen LogP contribution >= 0.6 is 72.6 Å². The van der Waals surface area contributed by atoms with Crippen molar-refractivity contribution in [2.24, 2.45) is 0 Å². The molecule has 25 nitrogen and oxygen atoms in total. The first kappa shape index (κ1) is 102. The number of hydrogen-bond acceptors (Lipinski definition) is 23. The normalized spacial score (nSPS) is 13.0. The number of aromatic nitrogens is 9. The monoisotopic (exact) mass is 2010 g/mol. The Bertz CT molecular complexity index is 6080. The third-order valence-corrected chi connectivity index (χ3v) is 42.8. The Morgan fingerprint density at radius 3 is 1.05 bits per heavy atom. The summed E-state index contributed by atoms with van der Waals surface area (Å²) in [6.45, 7) is 43.8. The topological polar surface area (TPSA) is 301 Å². The maximum absolute atomic E-state index is 14.2. The third kappa shape index (κ3) is 24.1. The minimum absolute atomic E-state index is 0.0904. The Hall–Kier alpha value is -8.38. The fourth-order valence-electron chi connectivity index (χ4n) is 15.0. The van der Waals surface area contributed by atoms with Gasteiger partial charge in [-0.2, -0.15) is 0 Å². The van der Waals surface area contributed by atoms with Gasteiger partial charge in [0.15, 0.2) is 0 Å². The average Bonchev–Trinajstić information content (AvgIpc) is 1.58. The van der Waals surface area contributed by atoms with Gasteiger partial charge in [0.05, 0.1) is 67.6 Å². The summed E-state index contributed by atoms with van der Waals surface area (Å²) in [5.74, 6) is -2.58. The van der Waals surface area contributed by atoms with Gasteiger partial charge < -0.3 is 28.8 Å². The number of oxazole rings is 1. The van der Waals surface area contributed by atoms with Crippen LogP contribution < -0.4 is 37.7 Å². The number of nitrogens with zero attached hydrogens (tertiary/aromatic N) is 9. The molecular formula is C95H124BrN9O16S5Sn. The molecule has 0 saturated heterocycles. The zero-order chi connectivity index (χ0) is 93.8. The maximum atomic E-state index is 14.2. The summed E-state index contributed by atoms with van der Waals surface area (Å²) >= 11 is 8.12. The van der Waals surface area contributed by atoms with Gasteiger partial charge in [0.2, 0.25) is 0 Å². The van der Waals surface area contributed by atoms with Crippen LogP contribution in [0.1, 0.15) is 236 Å². The molecule has 3 atom stereocenters. The number of aliphatic carboxylic acids is 1. The van der Waals surface area contributed by atoms with E-state index >= 15 is 0 Å². The summed E-state index contributed by atoms with van der Waals surface area (Å²) in [5, 5.41) is 16.2. The second-order valence-electron chi connectivity index (χ2n) is 36.1. The maximum Gasteiger partial charge on any atom is 0.333 e. The summed E-state index contributed by atoms with van der Waals surface area (Å²) < 4.78 is 49.4. The molecule has 0 unspecified atom stereocenters. The molecule has 686 valence electrons. The van der Waals surface area contributed by atoms with E-state index in [1.54, 1.807) is 83.2 Å². The fourth-order valence-corrected chi connectivity index (χ4v) is 35.6. The molecule has 32 heteroatoms. The summed E-state index contributed by atoms with van der Waals surface area (Å²) in [5.41, 5.74) is -5.11. The van der Waals surface area contributed by atoms with E-state index in [1.807, 2.05) is 170 Å². The number of thiazole rings is 2. The summed E-state index contributed by atoms with van der Waals surface area (Å²) in [7, 11) is 0. The minimum Gasteiger partial charge on any atom is -0.480 e. The molecule has 0 radical (unpaired) electrons. The number of fused-ring (bicyclic) bond motifs is 3. The molecule has 0 aliphatic rings. The largest absolute Gasteiger partial charge is 0.480 e. The van der Waals surface area contributed by atoms with Crippen LogP contribution in [0.3, 0.4) is 0 Å². The Balaban J connectivity index is 0.000000197. The molecule has 12 rings (SSSR count). The van der Waals surface area contributed by atoms with Gasteiger partial charge >= 0.3 is 152 Å². The Morgan fingerprint density at radius 1 is 0.457 bits per heavy atom. The van der Waals surface area contributed by atoms with Gasteiger partial charge in [0.1, 0.15) is 70.6 Å². The zero-order valence-corrected chi connectivity index (χ0v) is 86.1. The van der Waals surface area contributed by atoms with Gasteiger partial charge in [-0.25, -0.2) is 52.4 Å². The van der Waals surface area contributed by atoms with E-state index in [1.165, 1.54) is 145 Å². The van der Waals surface area contributed by atoms with Gasteiger partial charge in [-0.15, -0.1) is 56.7 Å². The first-order valence-corrected chi connectivity index (χ1v) is 55.7. The molecule has 127 heavy (non-hydrogen) atoms. The van der Waals surface area contributed by atoms with Gasteiger partial charge in [0.25, 0.3) is 16.7 Å². The van der Waals surface area contributed by atoms with Crippen LogP contribution in [-0.2, 0) is 74.3 Å². The summed E-state index contributed by atoms with van der Waals surface area (Å²) in [6.07, 6.45) is 13.3. The first-order valence-electron chi connectivity index (χ1n) is 43.2. The van der Waals surface area contributed by atoms with Gasteiger partial charge in [-0.1, -0.05) is 91.0 Å². The second kappa shape index (κ2) is 43.6. The van der Waals surface area contributed by atoms with Crippen molar-refractivity contribution < 1.29 is 47.6 Å². The zero-order valence-electron chi connectivity index (χ0n) is 77.6. The van der Waals surface area contributed by atoms with Crippen LogP contribution in [0.2, 0.25) is 13.3 Å². The number of halogens is 1. The van der Waals surface area contributed by atoms with E-state index in [0.717, 1.165) is 65.1 Å². The van der Waals surface area contributed by atoms with Crippen molar-refractivity contribution in [2.75, 3.05) is 0 Å². The van der Waals surface area contributed by atoms with Crippen molar-refractivity contribution in [2.45, 2.75) is 302 Å². The number of esters is 2. The number of thiophene rings is 3. The molecule has 12 aromatic rings. The Labute approximate surface area is 775 Å². The van der Waals surface area contributed by atoms with E-state index in [4.69, 9.17) is 28.1 Å². The molecule has 0 fully saturated rings. The summed E-state index contributed by atoms with van der Waals surface area (Å²) in [4.78, 5) is 139. The van der Waals surface area contributed by atoms with Crippen LogP contribution in [-0.4, -0.2) is 113 Å². The van der Waals surface area contributed by atoms with Crippen molar-refractivity contribution >= 4 is 143 Å². The minimum atomic E-state index is -2.31. The van der Waals surface area contributed by atoms with Crippen molar-refractivity contribution in [3.63, 3.8) is 0 Å². The Morgan fingerprint density at radius 2 is 0.772 bits per heavy atom. The van der Waals surface area contributed by atoms with Crippen LogP contribution in [0.15, 0.2) is 164 Å². The van der Waals surface area contributed by atoms with Gasteiger partial charge in [-0.05, 0) is 195 Å². The first-order chi connectivity index (χ1) is 59.7. The van der Waals surface area contributed by atoms with Crippen molar-refractivity contribution in [3.8, 4) is 19.8 Å². The van der Waals surface area contributed by atoms with E-state index in [-0.39, 0.29) is 37.9 Å². The van der Waals surface area contributed by atoms with Crippen LogP contribution in [0.25, 0.3) is 50.4 Å². The molecule has 0 spiro atoms. The van der Waals surface area contributed by atoms with Crippen molar-refractivity contribution in [1.29, 1.82) is 0 Å². The predicted molar refractivity (Wildman–Crippen MR) is 520 cm³/mol. The molecule has 0 amide bonds. The number of benzene rings is 3. The molecular weight excluding hydrogens is 1880 g/mol. The number of carboxylic acid groups (broad SMARTS) is 1. The molecule has 0 aliphatic heterocycles. The fraction of sp³-hybridized carbons (Fsp3) is 0.495. The SMILES string of the molecule is CCC[CH2][Sn]([CH2]CCC)([CH2]CCC)[c]1ncco1.Cc1c(-c2nccs2)sc2c1c(=O)n(C(C)(C)C(=O)O)c(=O)n2C[C@H](OC(C)C)c1ccccc1.Cc1c(-c2nccs2)sc2c1c(=O)n(C(C)(C)C(=O)OC(C)(C)C)c(=O)n2C[C@H](OC(C)C)c1ccccc1.Cc1c(Br)sc2c1c(=O)n(C(C)(C)C(=O)OC(C)(C)C)c(=O)n2C[C@H](OC(C)C)c1ccccc1. The molecule has 0 saturated carbocycles. The predicted octanol–water partition coefficient (Wildman–Crippen LogP) is 20.8. The number of unbranched alkanes of at least 4 members (excludes halogenated alkanes) is 3. The molecule has 0 aliphatic carbocycles. The van der Waals surface area contributed by atoms with Crippen LogP contribution in [0.5, 0.6) is 0 Å². The van der Waals surface area contributed by atoms with E-state index in [9.17, 15) is 48.3 Å². The number of ether oxygens (including phenoxy) is 5. The molecule has 0 bridgehead atoms. The quantitative estimate of drug-likeness (QED) is 0.0295. The third-order valence-electron chi connectivity index (χ3n) is 21.6. The number of hydrogen-bond donors (Lipinski definition) is 1. The molecule has 9 aromatic heterocycles. The molecule has 1 N–H and O–H groups in total. The standard InChI is InChI=1S/C29H35N3O5S2.C26H33BrN2O5S.C25H27N3O5S2.3C4H9.C3H2NO.Sn/c1-17(2)36-20(19-12-10-9-11-13-19)16-31-25-21(18(3)22(39-25)23-30-14-15-38-23)24(33)32(27(31)35)29(7,8)26(34)37-28(4,5)6;1-15(2)33-18(17-12-10-9-11-13-17)14-28-22-19(16(3)20(27)35-22)21(30)29(24(28)32)26(7,8)23(31)34-25(4,5)6;1-14(2)33-17(16-9-7-6-8-10-16)13-27-22-18(15(3)19(35-22)20-26-11-12-34-20)21(29)28(24(27)32)25(4,5)23(30)31;3*1-3-4-2;1-2-5-3-4-1;/h9-15,17,20H,16H2,1-8H3;9-13,15,18H,14H2,1-8H3;6-12,14,17H,13H2,1-5H3,(H,30,31);3*1,3-4H2,2H3;1-2H;/t20-;18-;17-;;;;;/m000...../s1. The van der Waals surface area contributed by atoms with Crippen LogP contribution in [0.4, 0.5) is 0 Å². The smallest absolute Gasteiger partial charge is 0.333 e. The van der Waals surface area contributed by atoms with E-state index < -0.39 is 116 Å². The molecule has 3 aromatic carbocycles. The van der Waals surface area contributed by atoms with Gasteiger partial charge in [0, 0.05) is 23.2 Å². The van der Waals surface area contributed by atoms with Crippen molar-refractivity contribution in [1.82, 2.24) is 42.4 Å². The number of carbonyl (C=O) groups is 3. The average molecular weight is 2010 g/mol. The second-order valence-corrected chi connectivity index (χ2v) is 55.0. The number of aryl methyl sites for hydroxylation is 3.